The number of aldehydes is 1. The van der Waals surface area contributed by atoms with Crippen LogP contribution in [0.4, 0.5) is 0 Å². The van der Waals surface area contributed by atoms with Crippen LogP contribution in [-0.4, -0.2) is 53.2 Å². The predicted molar refractivity (Wildman–Crippen MR) is 111 cm³/mol. The lowest BCUT2D eigenvalue weighted by Gasteiger charge is -2.34. The van der Waals surface area contributed by atoms with Crippen LogP contribution in [0.1, 0.15) is 47.5 Å². The summed E-state index contributed by atoms with van der Waals surface area (Å²) in [6.07, 6.45) is 1.48. The van der Waals surface area contributed by atoms with Crippen LogP contribution in [0.25, 0.3) is 0 Å². The first-order valence-corrected chi connectivity index (χ1v) is 10.2. The molecule has 1 saturated heterocycles. The number of rotatable bonds is 5. The monoisotopic (exact) mass is 434 g/mol. The number of allylic oxidation sites excluding steroid dienone is 2. The molecule has 0 amide bonds. The van der Waals surface area contributed by atoms with Gasteiger partial charge in [-0.1, -0.05) is 32.1 Å². The standard InChI is InChI=1S/C23H30O8/c1-12(2)20(25)30-19-17-14(4)21(26)29-16(17)10-13(3)8-7-9-15(11-24)18(19)31-22(27)23(5,6)28/h9-12,16-19,28H,4,7-8H2,1-3,5-6H3/b13-10+,15-9?. The lowest BCUT2D eigenvalue weighted by Crippen LogP contribution is -2.48. The van der Waals surface area contributed by atoms with Gasteiger partial charge in [0.2, 0.25) is 0 Å². The number of hydrogen-bond donors (Lipinski definition) is 1. The van der Waals surface area contributed by atoms with Crippen LogP contribution in [-0.2, 0) is 33.4 Å². The van der Waals surface area contributed by atoms with Gasteiger partial charge < -0.3 is 19.3 Å². The largest absolute Gasteiger partial charge is 0.457 e. The zero-order valence-corrected chi connectivity index (χ0v) is 18.5. The van der Waals surface area contributed by atoms with E-state index in [0.717, 1.165) is 5.57 Å². The van der Waals surface area contributed by atoms with E-state index in [9.17, 15) is 24.3 Å². The van der Waals surface area contributed by atoms with Gasteiger partial charge in [-0.25, -0.2) is 9.59 Å². The van der Waals surface area contributed by atoms with Gasteiger partial charge in [-0.05, 0) is 39.7 Å². The van der Waals surface area contributed by atoms with Crippen molar-refractivity contribution in [1.29, 1.82) is 0 Å². The van der Waals surface area contributed by atoms with E-state index in [1.165, 1.54) is 13.8 Å². The molecule has 1 N–H and O–H groups in total. The van der Waals surface area contributed by atoms with Crippen molar-refractivity contribution in [2.75, 3.05) is 0 Å². The summed E-state index contributed by atoms with van der Waals surface area (Å²) < 4.78 is 16.6. The SMILES string of the molecule is C=C1C(=O)OC2/C=C(\C)CCC=C(C=O)C(OC(=O)C(C)(C)O)C(OC(=O)C(C)C)C12. The molecule has 4 unspecified atom stereocenters. The van der Waals surface area contributed by atoms with E-state index in [1.807, 2.05) is 6.92 Å². The molecule has 0 spiro atoms. The Hall–Kier alpha value is -2.74. The topological polar surface area (TPSA) is 116 Å². The van der Waals surface area contributed by atoms with Gasteiger partial charge in [0.15, 0.2) is 17.8 Å². The van der Waals surface area contributed by atoms with Crippen LogP contribution in [0.3, 0.4) is 0 Å². The average Bonchev–Trinajstić information content (AvgIpc) is 2.93. The van der Waals surface area contributed by atoms with E-state index in [4.69, 9.17) is 14.2 Å². The molecule has 0 saturated carbocycles. The fraction of sp³-hybridized carbons (Fsp3) is 0.565. The van der Waals surface area contributed by atoms with Crippen molar-refractivity contribution < 1.29 is 38.5 Å². The molecule has 0 aromatic heterocycles. The summed E-state index contributed by atoms with van der Waals surface area (Å²) in [6, 6.07) is 0. The van der Waals surface area contributed by atoms with Crippen LogP contribution in [0.15, 0.2) is 35.5 Å². The zero-order chi connectivity index (χ0) is 23.5. The number of esters is 3. The van der Waals surface area contributed by atoms with Gasteiger partial charge in [0.25, 0.3) is 0 Å². The van der Waals surface area contributed by atoms with Crippen LogP contribution in [0.2, 0.25) is 0 Å². The Bertz CT molecular complexity index is 827. The molecule has 0 radical (unpaired) electrons. The number of carbonyl (C=O) groups is 4. The van der Waals surface area contributed by atoms with E-state index in [0.29, 0.717) is 19.1 Å². The van der Waals surface area contributed by atoms with Gasteiger partial charge in [-0.15, -0.1) is 0 Å². The van der Waals surface area contributed by atoms with Crippen LogP contribution >= 0.6 is 0 Å². The molecule has 2 rings (SSSR count). The van der Waals surface area contributed by atoms with Crippen molar-refractivity contribution in [2.45, 2.75) is 71.4 Å². The molecule has 0 aromatic carbocycles. The van der Waals surface area contributed by atoms with E-state index < -0.39 is 53.7 Å². The first kappa shape index (κ1) is 24.5. The smallest absolute Gasteiger partial charge is 0.338 e. The molecule has 1 aliphatic carbocycles. The predicted octanol–water partition coefficient (Wildman–Crippen LogP) is 2.20. The molecule has 31 heavy (non-hydrogen) atoms. The Labute approximate surface area is 181 Å². The second-order valence-electron chi connectivity index (χ2n) is 8.74. The van der Waals surface area contributed by atoms with Gasteiger partial charge >= 0.3 is 17.9 Å². The number of hydrogen-bond acceptors (Lipinski definition) is 8. The molecular formula is C23H30O8. The highest BCUT2D eigenvalue weighted by atomic mass is 16.6. The third kappa shape index (κ3) is 5.70. The summed E-state index contributed by atoms with van der Waals surface area (Å²) in [4.78, 5) is 49.3. The minimum absolute atomic E-state index is 0.0470. The number of carbonyl (C=O) groups excluding carboxylic acids is 4. The number of aliphatic hydroxyl groups is 1. The maximum Gasteiger partial charge on any atom is 0.338 e. The van der Waals surface area contributed by atoms with Crippen molar-refractivity contribution in [3.05, 3.63) is 35.5 Å². The van der Waals surface area contributed by atoms with E-state index >= 15 is 0 Å². The summed E-state index contributed by atoms with van der Waals surface area (Å²) in [5, 5.41) is 10.1. The van der Waals surface area contributed by atoms with Crippen LogP contribution < -0.4 is 0 Å². The van der Waals surface area contributed by atoms with Gasteiger partial charge in [-0.2, -0.15) is 0 Å². The number of ether oxygens (including phenoxy) is 3. The third-order valence-corrected chi connectivity index (χ3v) is 5.20. The van der Waals surface area contributed by atoms with E-state index in [2.05, 4.69) is 6.58 Å². The maximum absolute atomic E-state index is 12.5. The number of fused-ring (bicyclic) bond motifs is 1. The van der Waals surface area contributed by atoms with Gasteiger partial charge in [0.05, 0.1) is 11.8 Å². The molecule has 4 atom stereocenters. The van der Waals surface area contributed by atoms with Gasteiger partial charge in [-0.3, -0.25) is 9.59 Å². The molecule has 8 heteroatoms. The van der Waals surface area contributed by atoms with Gasteiger partial charge in [0, 0.05) is 11.1 Å². The van der Waals surface area contributed by atoms with Crippen molar-refractivity contribution in [1.82, 2.24) is 0 Å². The molecule has 8 nitrogen and oxygen atoms in total. The lowest BCUT2D eigenvalue weighted by atomic mass is 9.83. The quantitative estimate of drug-likeness (QED) is 0.230. The summed E-state index contributed by atoms with van der Waals surface area (Å²) >= 11 is 0. The first-order valence-electron chi connectivity index (χ1n) is 10.2. The molecular weight excluding hydrogens is 404 g/mol. The fourth-order valence-corrected chi connectivity index (χ4v) is 3.37. The summed E-state index contributed by atoms with van der Waals surface area (Å²) in [5.74, 6) is -3.68. The average molecular weight is 434 g/mol. The molecule has 170 valence electrons. The fourth-order valence-electron chi connectivity index (χ4n) is 3.37. The summed E-state index contributed by atoms with van der Waals surface area (Å²) in [6.45, 7) is 11.4. The minimum Gasteiger partial charge on any atom is -0.457 e. The molecule has 1 heterocycles. The summed E-state index contributed by atoms with van der Waals surface area (Å²) in [5.41, 5.74) is -0.824. The van der Waals surface area contributed by atoms with Crippen LogP contribution in [0.5, 0.6) is 0 Å². The Morgan fingerprint density at radius 3 is 2.52 bits per heavy atom. The Morgan fingerprint density at radius 1 is 1.32 bits per heavy atom. The minimum atomic E-state index is -1.86. The van der Waals surface area contributed by atoms with E-state index in [-0.39, 0.29) is 11.1 Å². The zero-order valence-electron chi connectivity index (χ0n) is 18.5. The molecule has 0 aromatic rings. The van der Waals surface area contributed by atoms with E-state index in [1.54, 1.807) is 26.0 Å². The maximum atomic E-state index is 12.5. The second-order valence-corrected chi connectivity index (χ2v) is 8.74. The third-order valence-electron chi connectivity index (χ3n) is 5.20. The lowest BCUT2D eigenvalue weighted by molar-refractivity contribution is -0.181. The highest BCUT2D eigenvalue weighted by Gasteiger charge is 2.50. The Morgan fingerprint density at radius 2 is 1.97 bits per heavy atom. The molecule has 1 fully saturated rings. The van der Waals surface area contributed by atoms with Crippen LogP contribution in [0, 0.1) is 11.8 Å². The summed E-state index contributed by atoms with van der Waals surface area (Å²) in [7, 11) is 0. The first-order chi connectivity index (χ1) is 14.4. The highest BCUT2D eigenvalue weighted by molar-refractivity contribution is 5.91. The van der Waals surface area contributed by atoms with Crippen molar-refractivity contribution >= 4 is 24.2 Å². The van der Waals surface area contributed by atoms with Crippen molar-refractivity contribution in [2.24, 2.45) is 11.8 Å². The molecule has 1 aliphatic heterocycles. The highest BCUT2D eigenvalue weighted by Crippen LogP contribution is 2.37. The normalized spacial score (nSPS) is 28.6. The second kappa shape index (κ2) is 9.60. The molecule has 2 aliphatic rings. The Kier molecular flexibility index (Phi) is 7.59. The molecule has 0 bridgehead atoms. The Balaban J connectivity index is 2.65. The van der Waals surface area contributed by atoms with Gasteiger partial charge in [0.1, 0.15) is 12.4 Å². The van der Waals surface area contributed by atoms with Crippen molar-refractivity contribution in [3.63, 3.8) is 0 Å². The van der Waals surface area contributed by atoms with Crippen molar-refractivity contribution in [3.8, 4) is 0 Å².